The maximum Gasteiger partial charge on any atom is 0.00115 e. The molecular weight excluding hydrogens is 106 g/mol. The monoisotopic (exact) mass is 115 g/mol. The summed E-state index contributed by atoms with van der Waals surface area (Å²) in [5.41, 5.74) is 0. The van der Waals surface area contributed by atoms with E-state index < -0.39 is 0 Å². The Morgan fingerprint density at radius 1 is 1.86 bits per heavy atom. The van der Waals surface area contributed by atoms with Gasteiger partial charge in [0.15, 0.2) is 0 Å². The van der Waals surface area contributed by atoms with Crippen LogP contribution in [0.4, 0.5) is 0 Å². The van der Waals surface area contributed by atoms with Crippen molar-refractivity contribution < 1.29 is 0 Å². The molecular formula is C5H9NS. The van der Waals surface area contributed by atoms with E-state index in [4.69, 9.17) is 0 Å². The molecule has 0 heterocycles. The van der Waals surface area contributed by atoms with E-state index in [1.165, 1.54) is 11.9 Å². The Kier molecular flexibility index (Phi) is 5.56. The van der Waals surface area contributed by atoms with E-state index in [2.05, 4.69) is 18.0 Å². The Morgan fingerprint density at radius 2 is 2.57 bits per heavy atom. The van der Waals surface area contributed by atoms with E-state index in [1.807, 2.05) is 11.5 Å². The van der Waals surface area contributed by atoms with Gasteiger partial charge in [-0.15, -0.1) is 0 Å². The molecule has 0 N–H and O–H groups in total. The standard InChI is InChI=1S/C5H9NS/c1-3-4-5-7-6-2/h4-5H,2-3H2,1H3/b5-4-. The highest BCUT2D eigenvalue weighted by atomic mass is 32.2. The minimum atomic E-state index is 1.07. The van der Waals surface area contributed by atoms with E-state index >= 15 is 0 Å². The summed E-state index contributed by atoms with van der Waals surface area (Å²) in [7, 11) is 0. The first-order valence-corrected chi connectivity index (χ1v) is 3.02. The Balaban J connectivity index is 2.92. The first-order valence-electron chi connectivity index (χ1n) is 2.18. The molecule has 0 aliphatic carbocycles. The summed E-state index contributed by atoms with van der Waals surface area (Å²) < 4.78 is 3.55. The van der Waals surface area contributed by atoms with Crippen molar-refractivity contribution in [2.45, 2.75) is 13.3 Å². The Hall–Kier alpha value is -0.240. The fourth-order valence-corrected chi connectivity index (χ4v) is 0.547. The molecule has 0 amide bonds. The normalized spacial score (nSPS) is 9.86. The minimum Gasteiger partial charge on any atom is -0.228 e. The summed E-state index contributed by atoms with van der Waals surface area (Å²) >= 11 is 1.37. The van der Waals surface area contributed by atoms with Crippen LogP contribution < -0.4 is 0 Å². The van der Waals surface area contributed by atoms with E-state index in [0.717, 1.165) is 6.42 Å². The summed E-state index contributed by atoms with van der Waals surface area (Å²) in [5, 5.41) is 1.92. The van der Waals surface area contributed by atoms with Crippen molar-refractivity contribution in [1.29, 1.82) is 0 Å². The van der Waals surface area contributed by atoms with Gasteiger partial charge in [0.05, 0.1) is 0 Å². The van der Waals surface area contributed by atoms with Crippen LogP contribution in [0.3, 0.4) is 0 Å². The lowest BCUT2D eigenvalue weighted by atomic mass is 10.5. The van der Waals surface area contributed by atoms with Crippen molar-refractivity contribution in [3.05, 3.63) is 11.5 Å². The third-order valence-electron chi connectivity index (χ3n) is 0.467. The van der Waals surface area contributed by atoms with Crippen LogP contribution in [0.15, 0.2) is 15.9 Å². The Morgan fingerprint density at radius 3 is 3.00 bits per heavy atom. The van der Waals surface area contributed by atoms with Crippen molar-refractivity contribution in [2.75, 3.05) is 0 Å². The molecule has 0 radical (unpaired) electrons. The van der Waals surface area contributed by atoms with Crippen LogP contribution in [-0.4, -0.2) is 6.72 Å². The number of allylic oxidation sites excluding steroid dienone is 1. The molecule has 0 atom stereocenters. The largest absolute Gasteiger partial charge is 0.228 e. The van der Waals surface area contributed by atoms with Gasteiger partial charge in [0.25, 0.3) is 0 Å². The molecule has 0 aliphatic rings. The molecule has 0 saturated heterocycles. The van der Waals surface area contributed by atoms with Gasteiger partial charge in [0.2, 0.25) is 0 Å². The summed E-state index contributed by atoms with van der Waals surface area (Å²) in [5.74, 6) is 0. The van der Waals surface area contributed by atoms with Gasteiger partial charge in [-0.05, 0) is 18.5 Å². The SMILES string of the molecule is C=NS/C=C\CC. The van der Waals surface area contributed by atoms with Crippen molar-refractivity contribution in [3.63, 3.8) is 0 Å². The van der Waals surface area contributed by atoms with Crippen molar-refractivity contribution >= 4 is 18.7 Å². The van der Waals surface area contributed by atoms with Crippen LogP contribution in [0.5, 0.6) is 0 Å². The second kappa shape index (κ2) is 5.76. The van der Waals surface area contributed by atoms with Gasteiger partial charge in [0, 0.05) is 11.9 Å². The topological polar surface area (TPSA) is 12.4 Å². The maximum atomic E-state index is 3.55. The van der Waals surface area contributed by atoms with Crippen LogP contribution in [0.1, 0.15) is 13.3 Å². The second-order valence-electron chi connectivity index (χ2n) is 1.01. The summed E-state index contributed by atoms with van der Waals surface area (Å²) in [6.07, 6.45) is 3.11. The van der Waals surface area contributed by atoms with Gasteiger partial charge in [-0.25, -0.2) is 4.40 Å². The van der Waals surface area contributed by atoms with E-state index in [-0.39, 0.29) is 0 Å². The lowest BCUT2D eigenvalue weighted by Crippen LogP contribution is -1.46. The molecule has 0 aromatic carbocycles. The highest BCUT2D eigenvalue weighted by Crippen LogP contribution is 2.00. The zero-order valence-electron chi connectivity index (χ0n) is 4.42. The van der Waals surface area contributed by atoms with Crippen LogP contribution in [-0.2, 0) is 0 Å². The number of rotatable bonds is 3. The number of hydrogen-bond donors (Lipinski definition) is 0. The van der Waals surface area contributed by atoms with Crippen LogP contribution in [0.25, 0.3) is 0 Å². The molecule has 0 rings (SSSR count). The first-order chi connectivity index (χ1) is 3.41. The van der Waals surface area contributed by atoms with Crippen LogP contribution in [0, 0.1) is 0 Å². The van der Waals surface area contributed by atoms with Gasteiger partial charge in [-0.1, -0.05) is 13.0 Å². The lowest BCUT2D eigenvalue weighted by Gasteiger charge is -1.74. The summed E-state index contributed by atoms with van der Waals surface area (Å²) in [4.78, 5) is 0. The quantitative estimate of drug-likeness (QED) is 0.406. The molecule has 0 aromatic rings. The van der Waals surface area contributed by atoms with Gasteiger partial charge in [0.1, 0.15) is 0 Å². The third-order valence-corrected chi connectivity index (χ3v) is 0.931. The Labute approximate surface area is 48.7 Å². The Bertz CT molecular complexity index is 68.5. The molecule has 0 spiro atoms. The average Bonchev–Trinajstić information content (AvgIpc) is 1.69. The highest BCUT2D eigenvalue weighted by Gasteiger charge is 1.64. The smallest absolute Gasteiger partial charge is 0.00115 e. The molecule has 1 nitrogen and oxygen atoms in total. The second-order valence-corrected chi connectivity index (χ2v) is 1.76. The molecule has 0 aliphatic heterocycles. The zero-order valence-corrected chi connectivity index (χ0v) is 5.24. The minimum absolute atomic E-state index is 1.07. The molecule has 0 saturated carbocycles. The predicted octanol–water partition coefficient (Wildman–Crippen LogP) is 2.26. The zero-order chi connectivity index (χ0) is 5.54. The lowest BCUT2D eigenvalue weighted by molar-refractivity contribution is 1.23. The van der Waals surface area contributed by atoms with E-state index in [9.17, 15) is 0 Å². The highest BCUT2D eigenvalue weighted by molar-refractivity contribution is 8.00. The van der Waals surface area contributed by atoms with Crippen molar-refractivity contribution in [3.8, 4) is 0 Å². The fourth-order valence-electron chi connectivity index (χ4n) is 0.182. The predicted molar refractivity (Wildman–Crippen MR) is 36.6 cm³/mol. The average molecular weight is 115 g/mol. The molecule has 40 valence electrons. The first kappa shape index (κ1) is 6.76. The molecule has 2 heteroatoms. The summed E-state index contributed by atoms with van der Waals surface area (Å²) in [6, 6.07) is 0. The number of nitrogens with zero attached hydrogens (tertiary/aromatic N) is 1. The van der Waals surface area contributed by atoms with E-state index in [1.54, 1.807) is 0 Å². The molecule has 0 bridgehead atoms. The molecule has 0 fully saturated rings. The van der Waals surface area contributed by atoms with Gasteiger partial charge in [-0.3, -0.25) is 0 Å². The van der Waals surface area contributed by atoms with Gasteiger partial charge >= 0.3 is 0 Å². The molecule has 0 aromatic heterocycles. The van der Waals surface area contributed by atoms with Gasteiger partial charge < -0.3 is 0 Å². The molecule has 7 heavy (non-hydrogen) atoms. The van der Waals surface area contributed by atoms with Crippen LogP contribution >= 0.6 is 11.9 Å². The maximum absolute atomic E-state index is 3.55. The van der Waals surface area contributed by atoms with Crippen molar-refractivity contribution in [2.24, 2.45) is 4.40 Å². The van der Waals surface area contributed by atoms with Crippen molar-refractivity contribution in [1.82, 2.24) is 0 Å². The third kappa shape index (κ3) is 5.76. The van der Waals surface area contributed by atoms with E-state index in [0.29, 0.717) is 0 Å². The summed E-state index contributed by atoms with van der Waals surface area (Å²) in [6.45, 7) is 5.38. The van der Waals surface area contributed by atoms with Crippen LogP contribution in [0.2, 0.25) is 0 Å². The fraction of sp³-hybridized carbons (Fsp3) is 0.400. The molecule has 0 unspecified atom stereocenters. The van der Waals surface area contributed by atoms with Gasteiger partial charge in [-0.2, -0.15) is 0 Å². The number of hydrogen-bond acceptors (Lipinski definition) is 2.